The number of carbonyl (C=O) groups is 2. The van der Waals surface area contributed by atoms with Gasteiger partial charge in [0.1, 0.15) is 5.76 Å². The molecule has 4 nitrogen and oxygen atoms in total. The first kappa shape index (κ1) is 18.3. The first-order chi connectivity index (χ1) is 11.9. The number of rotatable bonds is 5. The molecule has 0 saturated heterocycles. The number of carbonyl (C=O) groups excluding carboxylic acids is 2. The zero-order chi connectivity index (χ0) is 18.6. The second-order valence-electron chi connectivity index (χ2n) is 5.34. The van der Waals surface area contributed by atoms with Gasteiger partial charge in [-0.3, -0.25) is 0 Å². The Balaban J connectivity index is 2.25. The summed E-state index contributed by atoms with van der Waals surface area (Å²) in [5.41, 5.74) is 0.102. The highest BCUT2D eigenvalue weighted by Crippen LogP contribution is 2.36. The van der Waals surface area contributed by atoms with Crippen molar-refractivity contribution in [2.45, 2.75) is 12.8 Å². The SMILES string of the molecule is C=CC(=O)OC1=CC(C)C(c2ccc(OC(=O)C=C)c(F)c2F)C=C1. The van der Waals surface area contributed by atoms with E-state index >= 15 is 0 Å². The molecular formula is C19H16F2O4. The Bertz CT molecular complexity index is 793. The van der Waals surface area contributed by atoms with Crippen molar-refractivity contribution >= 4 is 11.9 Å². The quantitative estimate of drug-likeness (QED) is 0.460. The topological polar surface area (TPSA) is 52.6 Å². The highest BCUT2D eigenvalue weighted by Gasteiger charge is 2.26. The van der Waals surface area contributed by atoms with Gasteiger partial charge >= 0.3 is 11.9 Å². The summed E-state index contributed by atoms with van der Waals surface area (Å²) in [6.45, 7) is 8.28. The lowest BCUT2D eigenvalue weighted by molar-refractivity contribution is -0.133. The van der Waals surface area contributed by atoms with E-state index in [1.165, 1.54) is 18.2 Å². The van der Waals surface area contributed by atoms with Crippen LogP contribution < -0.4 is 4.74 Å². The Morgan fingerprint density at radius 1 is 1.08 bits per heavy atom. The molecule has 0 amide bonds. The summed E-state index contributed by atoms with van der Waals surface area (Å²) in [5.74, 6) is -4.75. The Hall–Kier alpha value is -3.02. The Kier molecular flexibility index (Phi) is 5.64. The number of halogens is 2. The van der Waals surface area contributed by atoms with Crippen molar-refractivity contribution in [2.75, 3.05) is 0 Å². The molecule has 1 aliphatic rings. The molecule has 2 atom stereocenters. The van der Waals surface area contributed by atoms with Gasteiger partial charge in [0, 0.05) is 18.1 Å². The van der Waals surface area contributed by atoms with E-state index in [0.29, 0.717) is 5.76 Å². The summed E-state index contributed by atoms with van der Waals surface area (Å²) in [4.78, 5) is 22.3. The molecular weight excluding hydrogens is 330 g/mol. The molecule has 0 fully saturated rings. The van der Waals surface area contributed by atoms with Gasteiger partial charge in [-0.25, -0.2) is 14.0 Å². The van der Waals surface area contributed by atoms with E-state index in [-0.39, 0.29) is 11.5 Å². The number of esters is 2. The zero-order valence-electron chi connectivity index (χ0n) is 13.5. The average Bonchev–Trinajstić information content (AvgIpc) is 2.59. The third-order valence-corrected chi connectivity index (χ3v) is 3.66. The Morgan fingerprint density at radius 2 is 1.72 bits per heavy atom. The second kappa shape index (κ2) is 7.70. The summed E-state index contributed by atoms with van der Waals surface area (Å²) in [5, 5.41) is 0. The van der Waals surface area contributed by atoms with Crippen LogP contribution in [-0.4, -0.2) is 11.9 Å². The maximum absolute atomic E-state index is 14.4. The van der Waals surface area contributed by atoms with Crippen LogP contribution in [0.1, 0.15) is 18.4 Å². The van der Waals surface area contributed by atoms with Crippen LogP contribution in [0.3, 0.4) is 0 Å². The van der Waals surface area contributed by atoms with E-state index in [9.17, 15) is 18.4 Å². The first-order valence-corrected chi connectivity index (χ1v) is 7.43. The van der Waals surface area contributed by atoms with E-state index < -0.39 is 35.2 Å². The van der Waals surface area contributed by atoms with E-state index in [0.717, 1.165) is 12.2 Å². The number of hydrogen-bond donors (Lipinski definition) is 0. The van der Waals surface area contributed by atoms with Crippen molar-refractivity contribution in [3.8, 4) is 5.75 Å². The summed E-state index contributed by atoms with van der Waals surface area (Å²) >= 11 is 0. The first-order valence-electron chi connectivity index (χ1n) is 7.43. The summed E-state index contributed by atoms with van der Waals surface area (Å²) < 4.78 is 38.2. The van der Waals surface area contributed by atoms with Gasteiger partial charge < -0.3 is 9.47 Å². The number of ether oxygens (including phenoxy) is 2. The lowest BCUT2D eigenvalue weighted by Crippen LogP contribution is -2.14. The Labute approximate surface area is 143 Å². The minimum atomic E-state index is -1.25. The van der Waals surface area contributed by atoms with E-state index in [1.54, 1.807) is 19.1 Å². The maximum atomic E-state index is 14.4. The largest absolute Gasteiger partial charge is 0.424 e. The van der Waals surface area contributed by atoms with Crippen LogP contribution in [0.2, 0.25) is 0 Å². The fourth-order valence-electron chi connectivity index (χ4n) is 2.44. The third-order valence-electron chi connectivity index (χ3n) is 3.66. The maximum Gasteiger partial charge on any atom is 0.335 e. The van der Waals surface area contributed by atoms with Crippen LogP contribution in [0.15, 0.2) is 61.4 Å². The van der Waals surface area contributed by atoms with Crippen molar-refractivity contribution in [1.82, 2.24) is 0 Å². The highest BCUT2D eigenvalue weighted by molar-refractivity contribution is 5.83. The molecule has 0 bridgehead atoms. The van der Waals surface area contributed by atoms with Crippen LogP contribution in [0.5, 0.6) is 5.75 Å². The molecule has 2 unspecified atom stereocenters. The molecule has 1 aliphatic carbocycles. The predicted molar refractivity (Wildman–Crippen MR) is 87.6 cm³/mol. The minimum Gasteiger partial charge on any atom is -0.424 e. The van der Waals surface area contributed by atoms with Gasteiger partial charge in [0.25, 0.3) is 0 Å². The highest BCUT2D eigenvalue weighted by atomic mass is 19.2. The van der Waals surface area contributed by atoms with Crippen LogP contribution in [0.4, 0.5) is 8.78 Å². The lowest BCUT2D eigenvalue weighted by atomic mass is 9.83. The molecule has 25 heavy (non-hydrogen) atoms. The second-order valence-corrected chi connectivity index (χ2v) is 5.34. The van der Waals surface area contributed by atoms with Crippen molar-refractivity contribution in [3.05, 3.63) is 78.6 Å². The molecule has 6 heteroatoms. The Morgan fingerprint density at radius 3 is 2.32 bits per heavy atom. The molecule has 130 valence electrons. The number of benzene rings is 1. The van der Waals surface area contributed by atoms with Crippen molar-refractivity contribution < 1.29 is 27.8 Å². The van der Waals surface area contributed by atoms with Gasteiger partial charge in [-0.2, -0.15) is 4.39 Å². The molecule has 0 heterocycles. The normalized spacial score (nSPS) is 18.9. The lowest BCUT2D eigenvalue weighted by Gasteiger charge is -2.23. The third kappa shape index (κ3) is 4.09. The van der Waals surface area contributed by atoms with Gasteiger partial charge in [-0.1, -0.05) is 32.2 Å². The molecule has 0 N–H and O–H groups in total. The van der Waals surface area contributed by atoms with Gasteiger partial charge in [0.2, 0.25) is 5.82 Å². The van der Waals surface area contributed by atoms with Crippen LogP contribution in [-0.2, 0) is 14.3 Å². The van der Waals surface area contributed by atoms with E-state index in [1.807, 2.05) is 0 Å². The molecule has 2 rings (SSSR count). The molecule has 1 aromatic rings. The molecule has 1 aromatic carbocycles. The van der Waals surface area contributed by atoms with E-state index in [4.69, 9.17) is 4.74 Å². The van der Waals surface area contributed by atoms with Crippen LogP contribution >= 0.6 is 0 Å². The minimum absolute atomic E-state index is 0.102. The molecule has 0 aromatic heterocycles. The molecule has 0 radical (unpaired) electrons. The van der Waals surface area contributed by atoms with Gasteiger partial charge in [-0.05, 0) is 29.7 Å². The predicted octanol–water partition coefficient (Wildman–Crippen LogP) is 3.96. The van der Waals surface area contributed by atoms with Gasteiger partial charge in [0.15, 0.2) is 11.6 Å². The number of hydrogen-bond acceptors (Lipinski definition) is 4. The van der Waals surface area contributed by atoms with Crippen LogP contribution in [0.25, 0.3) is 0 Å². The fraction of sp³-hybridized carbons (Fsp3) is 0.158. The molecule has 0 spiro atoms. The summed E-state index contributed by atoms with van der Waals surface area (Å²) in [7, 11) is 0. The van der Waals surface area contributed by atoms with Crippen molar-refractivity contribution in [3.63, 3.8) is 0 Å². The summed E-state index contributed by atoms with van der Waals surface area (Å²) in [6, 6.07) is 2.54. The zero-order valence-corrected chi connectivity index (χ0v) is 13.5. The molecule has 0 saturated carbocycles. The van der Waals surface area contributed by atoms with Gasteiger partial charge in [-0.15, -0.1) is 0 Å². The molecule has 0 aliphatic heterocycles. The van der Waals surface area contributed by atoms with Crippen molar-refractivity contribution in [1.29, 1.82) is 0 Å². The van der Waals surface area contributed by atoms with Crippen molar-refractivity contribution in [2.24, 2.45) is 5.92 Å². The average molecular weight is 346 g/mol. The van der Waals surface area contributed by atoms with E-state index in [2.05, 4.69) is 17.9 Å². The standard InChI is InChI=1S/C19H16F2O4/c1-4-16(22)24-12-6-7-13(11(3)10-12)14-8-9-15(19(21)18(14)20)25-17(23)5-2/h4-11,13H,1-2H2,3H3. The van der Waals surface area contributed by atoms with Gasteiger partial charge in [0.05, 0.1) is 0 Å². The fourth-order valence-corrected chi connectivity index (χ4v) is 2.44. The smallest absolute Gasteiger partial charge is 0.335 e. The summed E-state index contributed by atoms with van der Waals surface area (Å²) in [6.07, 6.45) is 6.64. The number of allylic oxidation sites excluding steroid dienone is 3. The van der Waals surface area contributed by atoms with Crippen LogP contribution in [0, 0.1) is 17.6 Å². The monoisotopic (exact) mass is 346 g/mol.